The molecular formula is C20H23F2N3O. The zero-order valence-corrected chi connectivity index (χ0v) is 15.0. The summed E-state index contributed by atoms with van der Waals surface area (Å²) in [5.41, 5.74) is 0.905. The Morgan fingerprint density at radius 2 is 1.73 bits per heavy atom. The number of piperidine rings is 1. The molecule has 0 bridgehead atoms. The molecule has 4 nitrogen and oxygen atoms in total. The highest BCUT2D eigenvalue weighted by Crippen LogP contribution is 2.25. The maximum Gasteiger partial charge on any atom is 0.261 e. The molecule has 2 aromatic carbocycles. The van der Waals surface area contributed by atoms with Crippen LogP contribution in [0.5, 0.6) is 0 Å². The van der Waals surface area contributed by atoms with Crippen LogP contribution in [-0.4, -0.2) is 44.0 Å². The molecule has 6 heteroatoms. The predicted molar refractivity (Wildman–Crippen MR) is 99.7 cm³/mol. The average Bonchev–Trinajstić information content (AvgIpc) is 2.62. The molecule has 1 amide bonds. The van der Waals surface area contributed by atoms with Gasteiger partial charge in [-0.2, -0.15) is 0 Å². The maximum absolute atomic E-state index is 13.8. The van der Waals surface area contributed by atoms with Crippen LogP contribution >= 0.6 is 0 Å². The van der Waals surface area contributed by atoms with Crippen molar-refractivity contribution in [3.63, 3.8) is 0 Å². The maximum atomic E-state index is 13.8. The molecule has 0 radical (unpaired) electrons. The molecular weight excluding hydrogens is 336 g/mol. The highest BCUT2D eigenvalue weighted by molar-refractivity contribution is 6.04. The third-order valence-electron chi connectivity index (χ3n) is 4.94. The Morgan fingerprint density at radius 3 is 2.38 bits per heavy atom. The largest absolute Gasteiger partial charge is 0.371 e. The van der Waals surface area contributed by atoms with Gasteiger partial charge in [0, 0.05) is 24.5 Å². The Balaban J connectivity index is 1.74. The van der Waals surface area contributed by atoms with Crippen LogP contribution in [0, 0.1) is 11.6 Å². The molecule has 1 fully saturated rings. The predicted octanol–water partition coefficient (Wildman–Crippen LogP) is 3.75. The molecule has 1 N–H and O–H groups in total. The van der Waals surface area contributed by atoms with E-state index in [1.807, 2.05) is 25.2 Å². The summed E-state index contributed by atoms with van der Waals surface area (Å²) in [7, 11) is 4.15. The van der Waals surface area contributed by atoms with Crippen LogP contribution in [0.15, 0.2) is 42.5 Å². The number of anilines is 2. The lowest BCUT2D eigenvalue weighted by Crippen LogP contribution is -2.42. The van der Waals surface area contributed by atoms with E-state index >= 15 is 0 Å². The number of carbonyl (C=O) groups excluding carboxylic acids is 1. The fourth-order valence-corrected chi connectivity index (χ4v) is 3.30. The second-order valence-corrected chi connectivity index (χ2v) is 6.75. The molecule has 3 rings (SSSR count). The Bertz CT molecular complexity index is 768. The van der Waals surface area contributed by atoms with Crippen molar-refractivity contribution in [2.24, 2.45) is 0 Å². The van der Waals surface area contributed by atoms with Crippen molar-refractivity contribution < 1.29 is 13.6 Å². The molecule has 26 heavy (non-hydrogen) atoms. The van der Waals surface area contributed by atoms with E-state index < -0.39 is 23.1 Å². The molecule has 1 saturated heterocycles. The SMILES string of the molecule is CN1CCC(N(C)c2cccc(NC(=O)c3c(F)cccc3F)c2)CC1. The Morgan fingerprint density at radius 1 is 1.12 bits per heavy atom. The number of nitrogens with zero attached hydrogens (tertiary/aromatic N) is 2. The van der Waals surface area contributed by atoms with E-state index in [4.69, 9.17) is 0 Å². The lowest BCUT2D eigenvalue weighted by molar-refractivity contribution is 0.101. The van der Waals surface area contributed by atoms with Gasteiger partial charge in [0.1, 0.15) is 17.2 Å². The number of amides is 1. The summed E-state index contributed by atoms with van der Waals surface area (Å²) >= 11 is 0. The molecule has 1 heterocycles. The summed E-state index contributed by atoms with van der Waals surface area (Å²) in [6, 6.07) is 11.1. The van der Waals surface area contributed by atoms with Gasteiger partial charge < -0.3 is 15.1 Å². The third-order valence-corrected chi connectivity index (χ3v) is 4.94. The quantitative estimate of drug-likeness (QED) is 0.903. The first kappa shape index (κ1) is 18.3. The average molecular weight is 359 g/mol. The minimum atomic E-state index is -0.873. The van der Waals surface area contributed by atoms with Crippen molar-refractivity contribution in [1.82, 2.24) is 4.90 Å². The molecule has 0 spiro atoms. The van der Waals surface area contributed by atoms with E-state index in [0.29, 0.717) is 11.7 Å². The molecule has 1 aliphatic heterocycles. The number of hydrogen-bond donors (Lipinski definition) is 1. The van der Waals surface area contributed by atoms with Gasteiger partial charge in [0.15, 0.2) is 0 Å². The lowest BCUT2D eigenvalue weighted by Gasteiger charge is -2.36. The third kappa shape index (κ3) is 4.02. The van der Waals surface area contributed by atoms with Gasteiger partial charge in [-0.05, 0) is 63.3 Å². The molecule has 0 aliphatic carbocycles. The Labute approximate surface area is 152 Å². The molecule has 0 aromatic heterocycles. The van der Waals surface area contributed by atoms with Crippen molar-refractivity contribution >= 4 is 17.3 Å². The molecule has 0 saturated carbocycles. The van der Waals surface area contributed by atoms with Crippen molar-refractivity contribution in [1.29, 1.82) is 0 Å². The molecule has 0 atom stereocenters. The van der Waals surface area contributed by atoms with E-state index in [9.17, 15) is 13.6 Å². The van der Waals surface area contributed by atoms with Gasteiger partial charge in [0.2, 0.25) is 0 Å². The fourth-order valence-electron chi connectivity index (χ4n) is 3.30. The van der Waals surface area contributed by atoms with E-state index in [-0.39, 0.29) is 0 Å². The highest BCUT2D eigenvalue weighted by Gasteiger charge is 2.21. The van der Waals surface area contributed by atoms with Gasteiger partial charge in [0.25, 0.3) is 5.91 Å². The Hall–Kier alpha value is -2.47. The number of likely N-dealkylation sites (tertiary alicyclic amines) is 1. The van der Waals surface area contributed by atoms with Crippen molar-refractivity contribution in [2.45, 2.75) is 18.9 Å². The Kier molecular flexibility index (Phi) is 5.52. The second kappa shape index (κ2) is 7.83. The van der Waals surface area contributed by atoms with Gasteiger partial charge in [-0.15, -0.1) is 0 Å². The van der Waals surface area contributed by atoms with Crippen molar-refractivity contribution in [3.05, 3.63) is 59.7 Å². The normalized spacial score (nSPS) is 15.7. The van der Waals surface area contributed by atoms with Crippen molar-refractivity contribution in [2.75, 3.05) is 37.4 Å². The van der Waals surface area contributed by atoms with Crippen LogP contribution in [-0.2, 0) is 0 Å². The molecule has 138 valence electrons. The van der Waals surface area contributed by atoms with Gasteiger partial charge in [-0.1, -0.05) is 12.1 Å². The summed E-state index contributed by atoms with van der Waals surface area (Å²) < 4.78 is 27.5. The van der Waals surface area contributed by atoms with Crippen LogP contribution in [0.2, 0.25) is 0 Å². The summed E-state index contributed by atoms with van der Waals surface area (Å²) in [4.78, 5) is 16.8. The molecule has 2 aromatic rings. The van der Waals surface area contributed by atoms with Crippen LogP contribution in [0.3, 0.4) is 0 Å². The summed E-state index contributed by atoms with van der Waals surface area (Å²) in [5.74, 6) is -2.54. The molecule has 1 aliphatic rings. The zero-order valence-electron chi connectivity index (χ0n) is 15.0. The molecule has 0 unspecified atom stereocenters. The number of hydrogen-bond acceptors (Lipinski definition) is 3. The zero-order chi connectivity index (χ0) is 18.7. The number of halogens is 2. The number of carbonyl (C=O) groups is 1. The van der Waals surface area contributed by atoms with Crippen molar-refractivity contribution in [3.8, 4) is 0 Å². The van der Waals surface area contributed by atoms with Gasteiger partial charge in [-0.25, -0.2) is 8.78 Å². The van der Waals surface area contributed by atoms with Gasteiger partial charge >= 0.3 is 0 Å². The summed E-state index contributed by atoms with van der Waals surface area (Å²) in [6.45, 7) is 2.11. The van der Waals surface area contributed by atoms with E-state index in [0.717, 1.165) is 43.8 Å². The number of nitrogens with one attached hydrogen (secondary N) is 1. The second-order valence-electron chi connectivity index (χ2n) is 6.75. The fraction of sp³-hybridized carbons (Fsp3) is 0.350. The topological polar surface area (TPSA) is 35.6 Å². The summed E-state index contributed by atoms with van der Waals surface area (Å²) in [6.07, 6.45) is 2.15. The smallest absolute Gasteiger partial charge is 0.261 e. The van der Waals surface area contributed by atoms with Crippen LogP contribution in [0.25, 0.3) is 0 Å². The standard InChI is InChI=1S/C20H23F2N3O/c1-24-11-9-15(10-12-24)25(2)16-6-3-5-14(13-16)23-20(26)19-17(21)7-4-8-18(19)22/h3-8,13,15H,9-12H2,1-2H3,(H,23,26). The van der Waals surface area contributed by atoms with Crippen LogP contribution < -0.4 is 10.2 Å². The van der Waals surface area contributed by atoms with Crippen LogP contribution in [0.1, 0.15) is 23.2 Å². The minimum Gasteiger partial charge on any atom is -0.371 e. The van der Waals surface area contributed by atoms with E-state index in [2.05, 4.69) is 22.2 Å². The van der Waals surface area contributed by atoms with E-state index in [1.54, 1.807) is 6.07 Å². The highest BCUT2D eigenvalue weighted by atomic mass is 19.1. The van der Waals surface area contributed by atoms with E-state index in [1.165, 1.54) is 6.07 Å². The van der Waals surface area contributed by atoms with Gasteiger partial charge in [0.05, 0.1) is 0 Å². The lowest BCUT2D eigenvalue weighted by atomic mass is 10.0. The van der Waals surface area contributed by atoms with Crippen LogP contribution in [0.4, 0.5) is 20.2 Å². The first-order valence-electron chi connectivity index (χ1n) is 8.72. The minimum absolute atomic E-state index is 0.432. The van der Waals surface area contributed by atoms with Gasteiger partial charge in [-0.3, -0.25) is 4.79 Å². The number of benzene rings is 2. The monoisotopic (exact) mass is 359 g/mol. The summed E-state index contributed by atoms with van der Waals surface area (Å²) in [5, 5.41) is 2.59. The number of rotatable bonds is 4. The first-order chi connectivity index (χ1) is 12.5. The first-order valence-corrected chi connectivity index (χ1v) is 8.72.